The third-order valence-corrected chi connectivity index (χ3v) is 4.21. The molecule has 0 aliphatic carbocycles. The molecule has 0 saturated carbocycles. The van der Waals surface area contributed by atoms with Gasteiger partial charge in [0, 0.05) is 6.42 Å². The Morgan fingerprint density at radius 2 is 2.19 bits per heavy atom. The molecule has 3 nitrogen and oxygen atoms in total. The number of halogens is 1. The van der Waals surface area contributed by atoms with Crippen LogP contribution in [0.3, 0.4) is 0 Å². The average molecular weight is 311 g/mol. The van der Waals surface area contributed by atoms with Gasteiger partial charge >= 0.3 is 0 Å². The van der Waals surface area contributed by atoms with Crippen LogP contribution in [0.2, 0.25) is 0 Å². The van der Waals surface area contributed by atoms with Gasteiger partial charge in [0.2, 0.25) is 5.91 Å². The van der Waals surface area contributed by atoms with Gasteiger partial charge in [-0.1, -0.05) is 23.8 Å². The van der Waals surface area contributed by atoms with E-state index in [1.54, 1.807) is 0 Å². The van der Waals surface area contributed by atoms with Crippen LogP contribution in [-0.2, 0) is 4.79 Å². The van der Waals surface area contributed by atoms with Gasteiger partial charge in [0.1, 0.15) is 0 Å². The van der Waals surface area contributed by atoms with Gasteiger partial charge in [-0.3, -0.25) is 4.79 Å². The Bertz CT molecular complexity index is 470. The van der Waals surface area contributed by atoms with Crippen molar-refractivity contribution in [3.63, 3.8) is 0 Å². The fourth-order valence-corrected chi connectivity index (χ4v) is 3.00. The lowest BCUT2D eigenvalue weighted by Crippen LogP contribution is -2.27. The van der Waals surface area contributed by atoms with E-state index in [1.807, 2.05) is 0 Å². The maximum absolute atomic E-state index is 12.0. The molecule has 0 aromatic heterocycles. The number of nitrogens with one attached hydrogen (secondary N) is 2. The van der Waals surface area contributed by atoms with E-state index in [0.29, 0.717) is 12.3 Å². The molecule has 1 aromatic rings. The maximum atomic E-state index is 12.0. The lowest BCUT2D eigenvalue weighted by molar-refractivity contribution is -0.122. The normalized spacial score (nSPS) is 18.9. The third-order valence-electron chi connectivity index (χ3n) is 4.21. The van der Waals surface area contributed by atoms with Crippen LogP contribution >= 0.6 is 12.4 Å². The van der Waals surface area contributed by atoms with E-state index in [4.69, 9.17) is 0 Å². The molecule has 0 spiro atoms. The summed E-state index contributed by atoms with van der Waals surface area (Å²) in [5, 5.41) is 6.46. The molecule has 2 unspecified atom stereocenters. The Labute approximate surface area is 134 Å². The van der Waals surface area contributed by atoms with E-state index >= 15 is 0 Å². The standard InChI is InChI=1S/C17H26N2O.ClH/c1-12-4-6-16(13(2)10-12)14(3)19-17(20)7-5-15-8-9-18-11-15;/h4,6,10,14-15,18H,5,7-9,11H2,1-3H3,(H,19,20);1H. The van der Waals surface area contributed by atoms with Gasteiger partial charge in [-0.2, -0.15) is 0 Å². The fourth-order valence-electron chi connectivity index (χ4n) is 3.00. The van der Waals surface area contributed by atoms with Crippen LogP contribution in [0.4, 0.5) is 0 Å². The summed E-state index contributed by atoms with van der Waals surface area (Å²) in [5.41, 5.74) is 3.72. The summed E-state index contributed by atoms with van der Waals surface area (Å²) >= 11 is 0. The summed E-state index contributed by atoms with van der Waals surface area (Å²) in [4.78, 5) is 12.0. The number of hydrogen-bond donors (Lipinski definition) is 2. The van der Waals surface area contributed by atoms with Crippen LogP contribution in [0, 0.1) is 19.8 Å². The summed E-state index contributed by atoms with van der Waals surface area (Å²) in [6, 6.07) is 6.48. The number of benzene rings is 1. The summed E-state index contributed by atoms with van der Waals surface area (Å²) in [5.74, 6) is 0.849. The second kappa shape index (κ2) is 8.40. The minimum absolute atomic E-state index is 0. The molecular formula is C17H27ClN2O. The summed E-state index contributed by atoms with van der Waals surface area (Å²) in [7, 11) is 0. The second-order valence-corrected chi connectivity index (χ2v) is 6.05. The van der Waals surface area contributed by atoms with Gasteiger partial charge in [-0.05, 0) is 63.7 Å². The lowest BCUT2D eigenvalue weighted by Gasteiger charge is -2.17. The van der Waals surface area contributed by atoms with E-state index in [2.05, 4.69) is 49.6 Å². The minimum atomic E-state index is 0. The first kappa shape index (κ1) is 18.0. The van der Waals surface area contributed by atoms with E-state index in [-0.39, 0.29) is 24.4 Å². The van der Waals surface area contributed by atoms with Crippen molar-refractivity contribution in [2.75, 3.05) is 13.1 Å². The summed E-state index contributed by atoms with van der Waals surface area (Å²) in [6.07, 6.45) is 2.85. The van der Waals surface area contributed by atoms with Crippen molar-refractivity contribution in [2.24, 2.45) is 5.92 Å². The second-order valence-electron chi connectivity index (χ2n) is 6.05. The molecule has 118 valence electrons. The van der Waals surface area contributed by atoms with Crippen molar-refractivity contribution in [2.45, 2.75) is 46.1 Å². The van der Waals surface area contributed by atoms with Crippen LogP contribution in [0.5, 0.6) is 0 Å². The molecule has 1 saturated heterocycles. The van der Waals surface area contributed by atoms with E-state index in [0.717, 1.165) is 19.5 Å². The average Bonchev–Trinajstić information content (AvgIpc) is 2.89. The van der Waals surface area contributed by atoms with Crippen LogP contribution in [0.15, 0.2) is 18.2 Å². The molecule has 1 heterocycles. The lowest BCUT2D eigenvalue weighted by atomic mass is 9.99. The number of carbonyl (C=O) groups excluding carboxylic acids is 1. The monoisotopic (exact) mass is 310 g/mol. The Morgan fingerprint density at radius 1 is 1.43 bits per heavy atom. The van der Waals surface area contributed by atoms with Crippen LogP contribution in [-0.4, -0.2) is 19.0 Å². The van der Waals surface area contributed by atoms with Crippen molar-refractivity contribution in [1.82, 2.24) is 10.6 Å². The van der Waals surface area contributed by atoms with Gasteiger partial charge in [0.15, 0.2) is 0 Å². The number of hydrogen-bond acceptors (Lipinski definition) is 2. The van der Waals surface area contributed by atoms with Crippen LogP contribution < -0.4 is 10.6 Å². The zero-order valence-electron chi connectivity index (χ0n) is 13.2. The van der Waals surface area contributed by atoms with Gasteiger partial charge in [0.05, 0.1) is 6.04 Å². The van der Waals surface area contributed by atoms with E-state index < -0.39 is 0 Å². The molecule has 21 heavy (non-hydrogen) atoms. The number of rotatable bonds is 5. The highest BCUT2D eigenvalue weighted by atomic mass is 35.5. The number of amides is 1. The molecule has 0 bridgehead atoms. The number of aryl methyl sites for hydroxylation is 2. The highest BCUT2D eigenvalue weighted by Gasteiger charge is 2.17. The summed E-state index contributed by atoms with van der Waals surface area (Å²) < 4.78 is 0. The molecule has 1 aliphatic rings. The first-order chi connectivity index (χ1) is 9.56. The molecule has 4 heteroatoms. The molecule has 2 atom stereocenters. The first-order valence-corrected chi connectivity index (χ1v) is 7.63. The van der Waals surface area contributed by atoms with E-state index in [9.17, 15) is 4.79 Å². The predicted octanol–water partition coefficient (Wildman–Crippen LogP) is 3.29. The SMILES string of the molecule is Cc1ccc(C(C)NC(=O)CCC2CCNC2)c(C)c1.Cl. The molecular weight excluding hydrogens is 284 g/mol. The van der Waals surface area contributed by atoms with Crippen molar-refractivity contribution in [1.29, 1.82) is 0 Å². The van der Waals surface area contributed by atoms with Crippen molar-refractivity contribution >= 4 is 18.3 Å². The Kier molecular flexibility index (Phi) is 7.20. The van der Waals surface area contributed by atoms with Gasteiger partial charge in [-0.25, -0.2) is 0 Å². The molecule has 2 N–H and O–H groups in total. The van der Waals surface area contributed by atoms with Crippen molar-refractivity contribution in [3.05, 3.63) is 34.9 Å². The third kappa shape index (κ3) is 5.33. The minimum Gasteiger partial charge on any atom is -0.350 e. The number of carbonyl (C=O) groups is 1. The Balaban J connectivity index is 0.00000220. The molecule has 1 aromatic carbocycles. The quantitative estimate of drug-likeness (QED) is 0.876. The molecule has 1 fully saturated rings. The van der Waals surface area contributed by atoms with Crippen LogP contribution in [0.25, 0.3) is 0 Å². The molecule has 0 radical (unpaired) electrons. The smallest absolute Gasteiger partial charge is 0.220 e. The van der Waals surface area contributed by atoms with Gasteiger partial charge in [-0.15, -0.1) is 12.4 Å². The zero-order valence-corrected chi connectivity index (χ0v) is 14.1. The molecule has 2 rings (SSSR count). The fraction of sp³-hybridized carbons (Fsp3) is 0.588. The zero-order chi connectivity index (χ0) is 14.5. The molecule has 1 amide bonds. The van der Waals surface area contributed by atoms with Crippen molar-refractivity contribution < 1.29 is 4.79 Å². The highest BCUT2D eigenvalue weighted by molar-refractivity contribution is 5.85. The summed E-state index contributed by atoms with van der Waals surface area (Å²) in [6.45, 7) is 8.43. The Hall–Kier alpha value is -1.06. The van der Waals surface area contributed by atoms with Gasteiger partial charge < -0.3 is 10.6 Å². The van der Waals surface area contributed by atoms with Gasteiger partial charge in [0.25, 0.3) is 0 Å². The van der Waals surface area contributed by atoms with Crippen molar-refractivity contribution in [3.8, 4) is 0 Å². The predicted molar refractivity (Wildman–Crippen MR) is 89.9 cm³/mol. The Morgan fingerprint density at radius 3 is 2.81 bits per heavy atom. The maximum Gasteiger partial charge on any atom is 0.220 e. The largest absolute Gasteiger partial charge is 0.350 e. The topological polar surface area (TPSA) is 41.1 Å². The highest BCUT2D eigenvalue weighted by Crippen LogP contribution is 2.19. The molecule has 1 aliphatic heterocycles. The van der Waals surface area contributed by atoms with Crippen LogP contribution in [0.1, 0.15) is 48.9 Å². The van der Waals surface area contributed by atoms with E-state index in [1.165, 1.54) is 23.1 Å². The first-order valence-electron chi connectivity index (χ1n) is 7.63.